The summed E-state index contributed by atoms with van der Waals surface area (Å²) in [5.74, 6) is 1.37. The van der Waals surface area contributed by atoms with Crippen LogP contribution in [-0.2, 0) is 4.79 Å². The highest BCUT2D eigenvalue weighted by Gasteiger charge is 2.08. The number of carbonyl (C=O) groups is 1. The number of nitrogens with one attached hydrogen (secondary N) is 1. The Labute approximate surface area is 174 Å². The molecule has 0 aliphatic rings. The van der Waals surface area contributed by atoms with E-state index in [9.17, 15) is 4.79 Å². The Morgan fingerprint density at radius 2 is 1.97 bits per heavy atom. The Bertz CT molecular complexity index is 1070. The molecule has 0 fully saturated rings. The van der Waals surface area contributed by atoms with Crippen LogP contribution in [0.25, 0.3) is 10.9 Å². The number of amides is 1. The Morgan fingerprint density at radius 3 is 2.72 bits per heavy atom. The van der Waals surface area contributed by atoms with Gasteiger partial charge in [-0.3, -0.25) is 9.78 Å². The van der Waals surface area contributed by atoms with E-state index in [2.05, 4.69) is 21.6 Å². The molecule has 1 N–H and O–H groups in total. The van der Waals surface area contributed by atoms with Gasteiger partial charge in [-0.15, -0.1) is 11.8 Å². The summed E-state index contributed by atoms with van der Waals surface area (Å²) in [5.41, 5.74) is 6.32. The molecule has 0 aliphatic carbocycles. The van der Waals surface area contributed by atoms with Gasteiger partial charge in [0.15, 0.2) is 0 Å². The number of benzene rings is 2. The summed E-state index contributed by atoms with van der Waals surface area (Å²) in [4.78, 5) is 17.8. The quantitative estimate of drug-likeness (QED) is 0.361. The number of carbonyl (C=O) groups excluding carboxylic acids is 1. The van der Waals surface area contributed by atoms with Gasteiger partial charge in [0.25, 0.3) is 0 Å². The maximum Gasteiger partial charge on any atom is 0.250 e. The van der Waals surface area contributed by atoms with Gasteiger partial charge in [-0.05, 0) is 44.2 Å². The highest BCUT2D eigenvalue weighted by molar-refractivity contribution is 8.00. The molecule has 1 heterocycles. The molecule has 150 valence electrons. The number of thioether (sulfide) groups is 1. The molecule has 6 nitrogen and oxygen atoms in total. The molecule has 0 unspecified atom stereocenters. The van der Waals surface area contributed by atoms with Gasteiger partial charge in [-0.1, -0.05) is 11.6 Å². The second kappa shape index (κ2) is 9.43. The van der Waals surface area contributed by atoms with Crippen molar-refractivity contribution in [3.8, 4) is 11.5 Å². The lowest BCUT2D eigenvalue weighted by molar-refractivity contribution is -0.118. The number of aryl methyl sites for hydroxylation is 2. The van der Waals surface area contributed by atoms with E-state index in [1.165, 1.54) is 11.8 Å². The van der Waals surface area contributed by atoms with Crippen LogP contribution in [0.1, 0.15) is 16.8 Å². The third kappa shape index (κ3) is 5.26. The number of nitrogens with zero attached hydrogens (tertiary/aromatic N) is 2. The van der Waals surface area contributed by atoms with E-state index in [-0.39, 0.29) is 11.7 Å². The summed E-state index contributed by atoms with van der Waals surface area (Å²) in [7, 11) is 3.17. The van der Waals surface area contributed by atoms with Crippen LogP contribution < -0.4 is 14.9 Å². The fourth-order valence-corrected chi connectivity index (χ4v) is 3.75. The number of hydrogen-bond donors (Lipinski definition) is 1. The van der Waals surface area contributed by atoms with E-state index in [0.717, 1.165) is 32.6 Å². The maximum atomic E-state index is 12.2. The minimum Gasteiger partial charge on any atom is -0.497 e. The minimum atomic E-state index is -0.186. The number of rotatable bonds is 7. The highest BCUT2D eigenvalue weighted by atomic mass is 32.2. The summed E-state index contributed by atoms with van der Waals surface area (Å²) >= 11 is 1.47. The van der Waals surface area contributed by atoms with Crippen LogP contribution in [0.4, 0.5) is 0 Å². The lowest BCUT2D eigenvalue weighted by Crippen LogP contribution is -2.19. The molecule has 1 amide bonds. The molecule has 0 spiro atoms. The van der Waals surface area contributed by atoms with Crippen molar-refractivity contribution >= 4 is 34.8 Å². The minimum absolute atomic E-state index is 0.186. The van der Waals surface area contributed by atoms with E-state index in [1.807, 2.05) is 38.1 Å². The van der Waals surface area contributed by atoms with Gasteiger partial charge in [0.2, 0.25) is 5.91 Å². The first kappa shape index (κ1) is 20.7. The molecule has 0 saturated heterocycles. The molecular formula is C22H23N3O3S. The van der Waals surface area contributed by atoms with E-state index in [1.54, 1.807) is 32.6 Å². The molecule has 0 atom stereocenters. The van der Waals surface area contributed by atoms with E-state index in [4.69, 9.17) is 9.47 Å². The van der Waals surface area contributed by atoms with Crippen LogP contribution >= 0.6 is 11.8 Å². The molecule has 0 bridgehead atoms. The van der Waals surface area contributed by atoms with Crippen molar-refractivity contribution in [3.63, 3.8) is 0 Å². The Kier molecular flexibility index (Phi) is 6.72. The number of hydrazone groups is 1. The van der Waals surface area contributed by atoms with E-state index < -0.39 is 0 Å². The van der Waals surface area contributed by atoms with Crippen molar-refractivity contribution < 1.29 is 14.3 Å². The largest absolute Gasteiger partial charge is 0.497 e. The van der Waals surface area contributed by atoms with Gasteiger partial charge in [-0.25, -0.2) is 5.43 Å². The average molecular weight is 410 g/mol. The number of pyridine rings is 1. The Morgan fingerprint density at radius 1 is 1.14 bits per heavy atom. The molecule has 2 aromatic carbocycles. The zero-order chi connectivity index (χ0) is 20.8. The van der Waals surface area contributed by atoms with Gasteiger partial charge in [0.05, 0.1) is 31.7 Å². The normalized spacial score (nSPS) is 11.0. The first-order valence-corrected chi connectivity index (χ1v) is 10.0. The standard InChI is InChI=1S/C22H23N3O3S/c1-14-5-8-19-18(9-14)21(10-15(2)24-19)29-13-22(26)25-23-12-16-6-7-17(27-3)11-20(16)28-4/h5-12H,13H2,1-4H3,(H,25,26). The van der Waals surface area contributed by atoms with Gasteiger partial charge >= 0.3 is 0 Å². The number of aromatic nitrogens is 1. The Hall–Kier alpha value is -3.06. The highest BCUT2D eigenvalue weighted by Crippen LogP contribution is 2.28. The summed E-state index contributed by atoms with van der Waals surface area (Å²) in [6.07, 6.45) is 1.55. The fraction of sp³-hybridized carbons (Fsp3) is 0.227. The van der Waals surface area contributed by atoms with Crippen LogP contribution in [0.15, 0.2) is 52.5 Å². The Balaban J connectivity index is 1.64. The zero-order valence-electron chi connectivity index (χ0n) is 16.9. The first-order valence-electron chi connectivity index (χ1n) is 9.05. The SMILES string of the molecule is COc1ccc(C=NNC(=O)CSc2cc(C)nc3ccc(C)cc23)c(OC)c1. The lowest BCUT2D eigenvalue weighted by atomic mass is 10.1. The summed E-state index contributed by atoms with van der Waals surface area (Å²) in [6.45, 7) is 4.00. The molecule has 0 aliphatic heterocycles. The molecule has 3 aromatic rings. The van der Waals surface area contributed by atoms with Crippen LogP contribution in [0.5, 0.6) is 11.5 Å². The third-order valence-corrected chi connectivity index (χ3v) is 5.30. The summed E-state index contributed by atoms with van der Waals surface area (Å²) in [5, 5.41) is 5.10. The predicted molar refractivity (Wildman–Crippen MR) is 117 cm³/mol. The second-order valence-electron chi connectivity index (χ2n) is 6.47. The molecule has 1 aromatic heterocycles. The number of fused-ring (bicyclic) bond motifs is 1. The molecule has 0 radical (unpaired) electrons. The van der Waals surface area contributed by atoms with Crippen LogP contribution in [-0.4, -0.2) is 37.1 Å². The van der Waals surface area contributed by atoms with E-state index >= 15 is 0 Å². The average Bonchev–Trinajstić information content (AvgIpc) is 2.72. The van der Waals surface area contributed by atoms with Crippen molar-refractivity contribution in [1.29, 1.82) is 0 Å². The summed E-state index contributed by atoms with van der Waals surface area (Å²) < 4.78 is 10.5. The van der Waals surface area contributed by atoms with E-state index in [0.29, 0.717) is 11.5 Å². The molecular weight excluding hydrogens is 386 g/mol. The second-order valence-corrected chi connectivity index (χ2v) is 7.49. The van der Waals surface area contributed by atoms with Crippen LogP contribution in [0.2, 0.25) is 0 Å². The maximum absolute atomic E-state index is 12.2. The van der Waals surface area contributed by atoms with Crippen molar-refractivity contribution in [2.45, 2.75) is 18.7 Å². The van der Waals surface area contributed by atoms with Gasteiger partial charge in [-0.2, -0.15) is 5.10 Å². The van der Waals surface area contributed by atoms with Crippen molar-refractivity contribution in [3.05, 3.63) is 59.3 Å². The smallest absolute Gasteiger partial charge is 0.250 e. The van der Waals surface area contributed by atoms with Crippen molar-refractivity contribution in [1.82, 2.24) is 10.4 Å². The fourth-order valence-electron chi connectivity index (χ4n) is 2.83. The van der Waals surface area contributed by atoms with Gasteiger partial charge in [0, 0.05) is 27.6 Å². The zero-order valence-corrected chi connectivity index (χ0v) is 17.7. The van der Waals surface area contributed by atoms with Crippen LogP contribution in [0.3, 0.4) is 0 Å². The first-order chi connectivity index (χ1) is 14.0. The van der Waals surface area contributed by atoms with Crippen molar-refractivity contribution in [2.75, 3.05) is 20.0 Å². The summed E-state index contributed by atoms with van der Waals surface area (Å²) in [6, 6.07) is 13.5. The molecule has 29 heavy (non-hydrogen) atoms. The van der Waals surface area contributed by atoms with Crippen LogP contribution in [0, 0.1) is 13.8 Å². The molecule has 3 rings (SSSR count). The topological polar surface area (TPSA) is 72.8 Å². The van der Waals surface area contributed by atoms with Gasteiger partial charge in [0.1, 0.15) is 11.5 Å². The lowest BCUT2D eigenvalue weighted by Gasteiger charge is -2.08. The third-order valence-electron chi connectivity index (χ3n) is 4.25. The van der Waals surface area contributed by atoms with Gasteiger partial charge < -0.3 is 9.47 Å². The number of hydrogen-bond acceptors (Lipinski definition) is 6. The van der Waals surface area contributed by atoms with Crippen molar-refractivity contribution in [2.24, 2.45) is 5.10 Å². The number of methoxy groups -OCH3 is 2. The monoisotopic (exact) mass is 409 g/mol. The number of ether oxygens (including phenoxy) is 2. The molecule has 0 saturated carbocycles. The molecule has 7 heteroatoms. The predicted octanol–water partition coefficient (Wildman–Crippen LogP) is 4.11.